The summed E-state index contributed by atoms with van der Waals surface area (Å²) in [4.78, 5) is 26.9. The van der Waals surface area contributed by atoms with Gasteiger partial charge < -0.3 is 19.4 Å². The number of thioether (sulfide) groups is 1. The Hall–Kier alpha value is -1.91. The summed E-state index contributed by atoms with van der Waals surface area (Å²) in [6.45, 7) is 7.23. The summed E-state index contributed by atoms with van der Waals surface area (Å²) in [5.41, 5.74) is 1.58. The molecule has 0 radical (unpaired) electrons. The highest BCUT2D eigenvalue weighted by atomic mass is 32.2. The average Bonchev–Trinajstić information content (AvgIpc) is 3.50. The fourth-order valence-corrected chi connectivity index (χ4v) is 6.36. The van der Waals surface area contributed by atoms with Crippen molar-refractivity contribution in [3.05, 3.63) is 21.8 Å². The van der Waals surface area contributed by atoms with Crippen LogP contribution in [0.1, 0.15) is 73.1 Å². The molecule has 2 aliphatic rings. The Bertz CT molecular complexity index is 995. The van der Waals surface area contributed by atoms with E-state index in [1.54, 1.807) is 0 Å². The maximum Gasteiger partial charge on any atom is 0.341 e. The third-order valence-corrected chi connectivity index (χ3v) is 8.00. The summed E-state index contributed by atoms with van der Waals surface area (Å²) >= 11 is 2.87. The second kappa shape index (κ2) is 11.0. The minimum atomic E-state index is -0.351. The Kier molecular flexibility index (Phi) is 8.08. The number of aryl methyl sites for hydroxylation is 2. The molecule has 4 rings (SSSR count). The number of hydrogen-bond donors (Lipinski definition) is 1. The highest BCUT2D eigenvalue weighted by molar-refractivity contribution is 7.99. The van der Waals surface area contributed by atoms with Gasteiger partial charge in [-0.15, -0.1) is 21.5 Å². The van der Waals surface area contributed by atoms with E-state index in [9.17, 15) is 9.59 Å². The van der Waals surface area contributed by atoms with Crippen LogP contribution in [0.15, 0.2) is 5.16 Å². The van der Waals surface area contributed by atoms with Crippen LogP contribution in [0, 0.1) is 0 Å². The molecule has 0 saturated carbocycles. The van der Waals surface area contributed by atoms with Gasteiger partial charge in [-0.3, -0.25) is 4.79 Å². The highest BCUT2D eigenvalue weighted by Gasteiger charge is 2.28. The number of carbonyl (C=O) groups is 2. The number of aromatic nitrogens is 3. The van der Waals surface area contributed by atoms with Crippen LogP contribution < -0.4 is 5.32 Å². The summed E-state index contributed by atoms with van der Waals surface area (Å²) in [5.74, 6) is 0.574. The molecule has 180 valence electrons. The molecule has 10 heteroatoms. The van der Waals surface area contributed by atoms with Crippen LogP contribution in [0.4, 0.5) is 5.00 Å². The molecular weight excluding hydrogens is 460 g/mol. The molecule has 2 aromatic heterocycles. The molecule has 0 spiro atoms. The molecule has 1 amide bonds. The maximum absolute atomic E-state index is 12.9. The van der Waals surface area contributed by atoms with Crippen LogP contribution in [0.2, 0.25) is 0 Å². The van der Waals surface area contributed by atoms with E-state index in [-0.39, 0.29) is 29.8 Å². The van der Waals surface area contributed by atoms with Gasteiger partial charge in [0.1, 0.15) is 10.8 Å². The second-order valence-corrected chi connectivity index (χ2v) is 10.8. The maximum atomic E-state index is 12.9. The fraction of sp³-hybridized carbons (Fsp3) is 0.652. The summed E-state index contributed by atoms with van der Waals surface area (Å²) < 4.78 is 13.3. The van der Waals surface area contributed by atoms with Gasteiger partial charge in [-0.2, -0.15) is 0 Å². The zero-order valence-electron chi connectivity index (χ0n) is 19.5. The fourth-order valence-electron chi connectivity index (χ4n) is 4.30. The van der Waals surface area contributed by atoms with E-state index in [1.165, 1.54) is 28.0 Å². The Labute approximate surface area is 202 Å². The SMILES string of the molecule is CCc1nnc(SCC(=O)Nc2sc3c(c2C(=O)OC(C)C)CCCC3)n1CC1CCCO1. The molecule has 0 bridgehead atoms. The lowest BCUT2D eigenvalue weighted by Crippen LogP contribution is -2.20. The van der Waals surface area contributed by atoms with Gasteiger partial charge in [0.15, 0.2) is 5.16 Å². The molecule has 1 unspecified atom stereocenters. The molecule has 1 saturated heterocycles. The molecule has 3 heterocycles. The van der Waals surface area contributed by atoms with Crippen LogP contribution in [0.3, 0.4) is 0 Å². The number of thiophene rings is 1. The van der Waals surface area contributed by atoms with Crippen molar-refractivity contribution < 1.29 is 19.1 Å². The van der Waals surface area contributed by atoms with Crippen molar-refractivity contribution in [3.8, 4) is 0 Å². The molecule has 1 atom stereocenters. The summed E-state index contributed by atoms with van der Waals surface area (Å²) in [7, 11) is 0. The van der Waals surface area contributed by atoms with Gasteiger partial charge in [0.25, 0.3) is 0 Å². The molecule has 1 N–H and O–H groups in total. The molecule has 1 aliphatic heterocycles. The number of hydrogen-bond acceptors (Lipinski definition) is 8. The predicted octanol–water partition coefficient (Wildman–Crippen LogP) is 4.26. The Balaban J connectivity index is 1.45. The normalized spacial score (nSPS) is 17.9. The van der Waals surface area contributed by atoms with Gasteiger partial charge >= 0.3 is 5.97 Å². The Morgan fingerprint density at radius 3 is 2.82 bits per heavy atom. The molecule has 8 nitrogen and oxygen atoms in total. The minimum Gasteiger partial charge on any atom is -0.459 e. The van der Waals surface area contributed by atoms with Gasteiger partial charge in [0.05, 0.1) is 30.1 Å². The number of fused-ring (bicyclic) bond motifs is 1. The summed E-state index contributed by atoms with van der Waals surface area (Å²) in [6, 6.07) is 0. The third kappa shape index (κ3) is 5.78. The predicted molar refractivity (Wildman–Crippen MR) is 129 cm³/mol. The second-order valence-electron chi connectivity index (χ2n) is 8.70. The molecule has 2 aromatic rings. The van der Waals surface area contributed by atoms with Crippen LogP contribution in [0.25, 0.3) is 0 Å². The van der Waals surface area contributed by atoms with Crippen molar-refractivity contribution >= 4 is 40.0 Å². The number of carbonyl (C=O) groups excluding carboxylic acids is 2. The number of amides is 1. The molecule has 0 aromatic carbocycles. The van der Waals surface area contributed by atoms with Gasteiger partial charge in [-0.1, -0.05) is 18.7 Å². The van der Waals surface area contributed by atoms with Crippen LogP contribution in [-0.2, 0) is 40.1 Å². The van der Waals surface area contributed by atoms with Crippen LogP contribution in [0.5, 0.6) is 0 Å². The van der Waals surface area contributed by atoms with Crippen molar-refractivity contribution in [2.45, 2.75) is 89.6 Å². The van der Waals surface area contributed by atoms with Crippen molar-refractivity contribution in [2.75, 3.05) is 17.7 Å². The van der Waals surface area contributed by atoms with E-state index >= 15 is 0 Å². The lowest BCUT2D eigenvalue weighted by molar-refractivity contribution is -0.113. The smallest absolute Gasteiger partial charge is 0.341 e. The number of esters is 1. The highest BCUT2D eigenvalue weighted by Crippen LogP contribution is 2.39. The van der Waals surface area contributed by atoms with Gasteiger partial charge in [-0.25, -0.2) is 4.79 Å². The largest absolute Gasteiger partial charge is 0.459 e. The lowest BCUT2D eigenvalue weighted by Gasteiger charge is -2.14. The Morgan fingerprint density at radius 1 is 1.27 bits per heavy atom. The first-order chi connectivity index (χ1) is 16.0. The van der Waals surface area contributed by atoms with Crippen LogP contribution in [-0.4, -0.2) is 51.2 Å². The average molecular weight is 493 g/mol. The molecule has 33 heavy (non-hydrogen) atoms. The van der Waals surface area contributed by atoms with E-state index in [4.69, 9.17) is 9.47 Å². The third-order valence-electron chi connectivity index (χ3n) is 5.82. The number of nitrogens with one attached hydrogen (secondary N) is 1. The zero-order valence-corrected chi connectivity index (χ0v) is 21.1. The van der Waals surface area contributed by atoms with E-state index in [1.807, 2.05) is 20.8 Å². The van der Waals surface area contributed by atoms with Crippen molar-refractivity contribution in [1.82, 2.24) is 14.8 Å². The number of rotatable bonds is 9. The minimum absolute atomic E-state index is 0.165. The van der Waals surface area contributed by atoms with Gasteiger partial charge in [-0.05, 0) is 57.9 Å². The molecule has 1 fully saturated rings. The summed E-state index contributed by atoms with van der Waals surface area (Å²) in [5, 5.41) is 12.9. The van der Waals surface area contributed by atoms with E-state index in [0.717, 1.165) is 68.1 Å². The Morgan fingerprint density at radius 2 is 2.09 bits per heavy atom. The lowest BCUT2D eigenvalue weighted by atomic mass is 9.95. The number of nitrogens with zero attached hydrogens (tertiary/aromatic N) is 3. The first-order valence-electron chi connectivity index (χ1n) is 11.8. The van der Waals surface area contributed by atoms with E-state index < -0.39 is 0 Å². The van der Waals surface area contributed by atoms with Crippen molar-refractivity contribution in [1.29, 1.82) is 0 Å². The zero-order chi connectivity index (χ0) is 23.4. The van der Waals surface area contributed by atoms with E-state index in [0.29, 0.717) is 17.1 Å². The van der Waals surface area contributed by atoms with Gasteiger partial charge in [0.2, 0.25) is 5.91 Å². The van der Waals surface area contributed by atoms with Crippen LogP contribution >= 0.6 is 23.1 Å². The number of anilines is 1. The standard InChI is InChI=1S/C23H32N4O4S2/c1-4-18-25-26-23(27(18)12-15-8-7-11-30-15)32-13-19(28)24-21-20(22(29)31-14(2)3)16-9-5-6-10-17(16)33-21/h14-15H,4-13H2,1-3H3,(H,24,28). The van der Waals surface area contributed by atoms with E-state index in [2.05, 4.69) is 20.1 Å². The summed E-state index contributed by atoms with van der Waals surface area (Å²) in [6.07, 6.45) is 6.80. The first kappa shape index (κ1) is 24.2. The van der Waals surface area contributed by atoms with Crippen molar-refractivity contribution in [2.24, 2.45) is 0 Å². The van der Waals surface area contributed by atoms with Crippen molar-refractivity contribution in [3.63, 3.8) is 0 Å². The monoisotopic (exact) mass is 492 g/mol. The molecule has 1 aliphatic carbocycles. The topological polar surface area (TPSA) is 95.3 Å². The number of ether oxygens (including phenoxy) is 2. The quantitative estimate of drug-likeness (QED) is 0.413. The van der Waals surface area contributed by atoms with Gasteiger partial charge in [0, 0.05) is 17.9 Å². The first-order valence-corrected chi connectivity index (χ1v) is 13.6. The molecular formula is C23H32N4O4S2.